The van der Waals surface area contributed by atoms with Gasteiger partial charge in [-0.3, -0.25) is 9.78 Å². The minimum Gasteiger partial charge on any atom is -0.330 e. The van der Waals surface area contributed by atoms with Crippen LogP contribution >= 0.6 is 0 Å². The molecule has 1 atom stereocenters. The molecule has 1 rings (SSSR count). The van der Waals surface area contributed by atoms with E-state index in [1.807, 2.05) is 26.0 Å². The molecule has 0 radical (unpaired) electrons. The molecule has 1 aromatic heterocycles. The summed E-state index contributed by atoms with van der Waals surface area (Å²) in [6, 6.07) is 3.80. The molecule has 0 aromatic carbocycles. The summed E-state index contributed by atoms with van der Waals surface area (Å²) in [6.45, 7) is 8.68. The van der Waals surface area contributed by atoms with E-state index < -0.39 is 0 Å². The van der Waals surface area contributed by atoms with Crippen LogP contribution in [-0.2, 0) is 4.79 Å². The van der Waals surface area contributed by atoms with Gasteiger partial charge in [0.1, 0.15) is 0 Å². The second-order valence-electron chi connectivity index (χ2n) is 5.57. The van der Waals surface area contributed by atoms with Gasteiger partial charge in [0.15, 0.2) is 0 Å². The smallest absolute Gasteiger partial charge is 0.224 e. The Morgan fingerprint density at radius 2 is 2.05 bits per heavy atom. The van der Waals surface area contributed by atoms with E-state index in [0.29, 0.717) is 18.9 Å². The van der Waals surface area contributed by atoms with E-state index in [1.54, 1.807) is 0 Å². The number of rotatable bonds is 6. The monoisotopic (exact) mass is 263 g/mol. The van der Waals surface area contributed by atoms with E-state index in [1.165, 1.54) is 0 Å². The summed E-state index contributed by atoms with van der Waals surface area (Å²) < 4.78 is 0. The highest BCUT2D eigenvalue weighted by molar-refractivity contribution is 5.91. The van der Waals surface area contributed by atoms with Gasteiger partial charge in [-0.15, -0.1) is 0 Å². The van der Waals surface area contributed by atoms with Crippen LogP contribution in [0.4, 0.5) is 5.69 Å². The SMILES string of the molecule is Cc1ccc(NC(=O)C[C@@H](CN)CC(C)C)c(C)n1. The Morgan fingerprint density at radius 3 is 2.58 bits per heavy atom. The predicted molar refractivity (Wildman–Crippen MR) is 79.0 cm³/mol. The lowest BCUT2D eigenvalue weighted by molar-refractivity contribution is -0.117. The summed E-state index contributed by atoms with van der Waals surface area (Å²) in [7, 11) is 0. The largest absolute Gasteiger partial charge is 0.330 e. The van der Waals surface area contributed by atoms with Crippen LogP contribution < -0.4 is 11.1 Å². The van der Waals surface area contributed by atoms with E-state index >= 15 is 0 Å². The van der Waals surface area contributed by atoms with E-state index in [4.69, 9.17) is 5.73 Å². The van der Waals surface area contributed by atoms with Gasteiger partial charge in [-0.05, 0) is 50.8 Å². The molecule has 1 aromatic rings. The fourth-order valence-electron chi connectivity index (χ4n) is 2.21. The van der Waals surface area contributed by atoms with Gasteiger partial charge in [0.25, 0.3) is 0 Å². The number of carbonyl (C=O) groups excluding carboxylic acids is 1. The number of carbonyl (C=O) groups is 1. The van der Waals surface area contributed by atoms with E-state index in [9.17, 15) is 4.79 Å². The van der Waals surface area contributed by atoms with Crippen LogP contribution in [0.3, 0.4) is 0 Å². The molecule has 0 saturated carbocycles. The zero-order chi connectivity index (χ0) is 14.4. The number of aromatic nitrogens is 1. The highest BCUT2D eigenvalue weighted by atomic mass is 16.1. The summed E-state index contributed by atoms with van der Waals surface area (Å²) in [5, 5.41) is 2.92. The first-order valence-electron chi connectivity index (χ1n) is 6.86. The van der Waals surface area contributed by atoms with Crippen molar-refractivity contribution in [1.82, 2.24) is 4.98 Å². The molecule has 19 heavy (non-hydrogen) atoms. The molecule has 106 valence electrons. The average molecular weight is 263 g/mol. The van der Waals surface area contributed by atoms with Gasteiger partial charge in [-0.25, -0.2) is 0 Å². The van der Waals surface area contributed by atoms with E-state index in [0.717, 1.165) is 23.5 Å². The van der Waals surface area contributed by atoms with Crippen LogP contribution in [0.1, 0.15) is 38.1 Å². The number of nitrogens with two attached hydrogens (primary N) is 1. The molecule has 0 bridgehead atoms. The first-order valence-corrected chi connectivity index (χ1v) is 6.86. The summed E-state index contributed by atoms with van der Waals surface area (Å²) >= 11 is 0. The lowest BCUT2D eigenvalue weighted by atomic mass is 9.94. The zero-order valence-corrected chi connectivity index (χ0v) is 12.4. The second kappa shape index (κ2) is 7.24. The second-order valence-corrected chi connectivity index (χ2v) is 5.57. The first-order chi connectivity index (χ1) is 8.92. The maximum Gasteiger partial charge on any atom is 0.224 e. The molecular formula is C15H25N3O. The fourth-order valence-corrected chi connectivity index (χ4v) is 2.21. The fraction of sp³-hybridized carbons (Fsp3) is 0.600. The average Bonchev–Trinajstić information content (AvgIpc) is 2.31. The van der Waals surface area contributed by atoms with Crippen LogP contribution in [-0.4, -0.2) is 17.4 Å². The van der Waals surface area contributed by atoms with Crippen LogP contribution in [0.5, 0.6) is 0 Å². The van der Waals surface area contributed by atoms with Crippen LogP contribution in [0.15, 0.2) is 12.1 Å². The number of hydrogen-bond acceptors (Lipinski definition) is 3. The third-order valence-corrected chi connectivity index (χ3v) is 3.11. The van der Waals surface area contributed by atoms with Gasteiger partial charge in [0.05, 0.1) is 11.4 Å². The van der Waals surface area contributed by atoms with Crippen molar-refractivity contribution in [2.75, 3.05) is 11.9 Å². The highest BCUT2D eigenvalue weighted by Crippen LogP contribution is 2.17. The molecule has 0 aliphatic heterocycles. The molecule has 3 N–H and O–H groups in total. The molecule has 0 saturated heterocycles. The van der Waals surface area contributed by atoms with Crippen molar-refractivity contribution in [3.05, 3.63) is 23.5 Å². The Balaban J connectivity index is 2.59. The number of amides is 1. The Hall–Kier alpha value is -1.42. The predicted octanol–water partition coefficient (Wildman–Crippen LogP) is 2.65. The van der Waals surface area contributed by atoms with Crippen LogP contribution in [0.2, 0.25) is 0 Å². The van der Waals surface area contributed by atoms with Crippen molar-refractivity contribution in [1.29, 1.82) is 0 Å². The molecule has 0 aliphatic rings. The number of nitrogens with one attached hydrogen (secondary N) is 1. The summed E-state index contributed by atoms with van der Waals surface area (Å²) in [6.07, 6.45) is 1.46. The number of aryl methyl sites for hydroxylation is 2. The highest BCUT2D eigenvalue weighted by Gasteiger charge is 2.14. The molecule has 0 spiro atoms. The third-order valence-electron chi connectivity index (χ3n) is 3.11. The topological polar surface area (TPSA) is 68.0 Å². The molecule has 0 aliphatic carbocycles. The minimum absolute atomic E-state index is 0.0184. The maximum atomic E-state index is 12.0. The minimum atomic E-state index is 0.0184. The van der Waals surface area contributed by atoms with E-state index in [-0.39, 0.29) is 11.8 Å². The van der Waals surface area contributed by atoms with Crippen molar-refractivity contribution < 1.29 is 4.79 Å². The van der Waals surface area contributed by atoms with Crippen molar-refractivity contribution in [2.45, 2.75) is 40.5 Å². The van der Waals surface area contributed by atoms with Crippen molar-refractivity contribution in [3.8, 4) is 0 Å². The standard InChI is InChI=1S/C15H25N3O/c1-10(2)7-13(9-16)8-15(19)18-14-6-5-11(3)17-12(14)4/h5-6,10,13H,7-9,16H2,1-4H3,(H,18,19)/t13-/m0/s1. The van der Waals surface area contributed by atoms with Gasteiger partial charge in [-0.1, -0.05) is 13.8 Å². The summed E-state index contributed by atoms with van der Waals surface area (Å²) in [4.78, 5) is 16.3. The van der Waals surface area contributed by atoms with Gasteiger partial charge >= 0.3 is 0 Å². The lowest BCUT2D eigenvalue weighted by Gasteiger charge is -2.17. The van der Waals surface area contributed by atoms with Crippen molar-refractivity contribution in [3.63, 3.8) is 0 Å². The normalized spacial score (nSPS) is 12.5. The van der Waals surface area contributed by atoms with Gasteiger partial charge in [0, 0.05) is 12.1 Å². The van der Waals surface area contributed by atoms with Crippen LogP contribution in [0.25, 0.3) is 0 Å². The third kappa shape index (κ3) is 5.39. The van der Waals surface area contributed by atoms with Crippen molar-refractivity contribution in [2.24, 2.45) is 17.6 Å². The first kappa shape index (κ1) is 15.6. The molecule has 0 fully saturated rings. The number of anilines is 1. The quantitative estimate of drug-likeness (QED) is 0.829. The van der Waals surface area contributed by atoms with Crippen LogP contribution in [0, 0.1) is 25.7 Å². The number of hydrogen-bond donors (Lipinski definition) is 2. The lowest BCUT2D eigenvalue weighted by Crippen LogP contribution is -2.23. The van der Waals surface area contributed by atoms with Gasteiger partial charge in [-0.2, -0.15) is 0 Å². The number of pyridine rings is 1. The van der Waals surface area contributed by atoms with E-state index in [2.05, 4.69) is 24.1 Å². The Morgan fingerprint density at radius 1 is 1.37 bits per heavy atom. The molecule has 4 nitrogen and oxygen atoms in total. The Bertz CT molecular complexity index is 429. The molecule has 4 heteroatoms. The molecule has 1 heterocycles. The summed E-state index contributed by atoms with van der Waals surface area (Å²) in [5.41, 5.74) is 8.31. The van der Waals surface area contributed by atoms with Gasteiger partial charge in [0.2, 0.25) is 5.91 Å². The molecular weight excluding hydrogens is 238 g/mol. The van der Waals surface area contributed by atoms with Crippen molar-refractivity contribution >= 4 is 11.6 Å². The Labute approximate surface area is 115 Å². The zero-order valence-electron chi connectivity index (χ0n) is 12.4. The van der Waals surface area contributed by atoms with Gasteiger partial charge < -0.3 is 11.1 Å². The maximum absolute atomic E-state index is 12.0. The summed E-state index contributed by atoms with van der Waals surface area (Å²) in [5.74, 6) is 0.827. The number of nitrogens with zero attached hydrogens (tertiary/aromatic N) is 1. The molecule has 1 amide bonds. The Kier molecular flexibility index (Phi) is 5.96. The molecule has 0 unspecified atom stereocenters.